The molecule has 1 aliphatic rings. The van der Waals surface area contributed by atoms with Crippen molar-refractivity contribution in [3.05, 3.63) is 16.1 Å². The predicted octanol–water partition coefficient (Wildman–Crippen LogP) is 3.21. The highest BCUT2D eigenvalue weighted by Gasteiger charge is 2.17. The zero-order valence-electron chi connectivity index (χ0n) is 16.7. The van der Waals surface area contributed by atoms with Gasteiger partial charge in [0.2, 0.25) is 0 Å². The summed E-state index contributed by atoms with van der Waals surface area (Å²) in [6.07, 6.45) is 3.89. The van der Waals surface area contributed by atoms with Crippen LogP contribution in [0.15, 0.2) is 10.4 Å². The number of hydrogen-bond acceptors (Lipinski definition) is 5. The minimum Gasteiger partial charge on any atom is -0.375 e. The monoisotopic (exact) mass is 495 g/mol. The number of rotatable bonds is 7. The second-order valence-corrected chi connectivity index (χ2v) is 7.81. The fraction of sp³-hybridized carbons (Fsp3) is 0.778. The summed E-state index contributed by atoms with van der Waals surface area (Å²) >= 11 is 1.65. The smallest absolute Gasteiger partial charge is 0.193 e. The molecular formula is C18H34IN5OS. The van der Waals surface area contributed by atoms with Crippen LogP contribution in [-0.2, 0) is 11.3 Å². The van der Waals surface area contributed by atoms with Crippen LogP contribution in [0.5, 0.6) is 0 Å². The van der Waals surface area contributed by atoms with Gasteiger partial charge in [0.05, 0.1) is 12.2 Å². The lowest BCUT2D eigenvalue weighted by molar-refractivity contribution is 0.119. The van der Waals surface area contributed by atoms with Crippen molar-refractivity contribution in [2.75, 3.05) is 47.9 Å². The minimum atomic E-state index is 0. The molecule has 1 fully saturated rings. The fourth-order valence-electron chi connectivity index (χ4n) is 3.12. The molecule has 2 heterocycles. The van der Waals surface area contributed by atoms with Gasteiger partial charge in [-0.3, -0.25) is 4.99 Å². The van der Waals surface area contributed by atoms with Crippen LogP contribution in [-0.4, -0.2) is 68.6 Å². The summed E-state index contributed by atoms with van der Waals surface area (Å²) in [6, 6.07) is 0. The van der Waals surface area contributed by atoms with Gasteiger partial charge in [-0.2, -0.15) is 0 Å². The Morgan fingerprint density at radius 2 is 2.19 bits per heavy atom. The first kappa shape index (κ1) is 23.6. The Morgan fingerprint density at radius 1 is 1.50 bits per heavy atom. The molecule has 0 aromatic carbocycles. The third kappa shape index (κ3) is 7.28. The van der Waals surface area contributed by atoms with Crippen LogP contribution >= 0.6 is 35.3 Å². The molecule has 1 aliphatic heterocycles. The lowest BCUT2D eigenvalue weighted by Crippen LogP contribution is -2.40. The molecule has 0 spiro atoms. The van der Waals surface area contributed by atoms with Crippen molar-refractivity contribution in [3.63, 3.8) is 0 Å². The van der Waals surface area contributed by atoms with Gasteiger partial charge in [-0.15, -0.1) is 35.3 Å². The van der Waals surface area contributed by atoms with Crippen LogP contribution in [0.3, 0.4) is 0 Å². The zero-order chi connectivity index (χ0) is 18.2. The van der Waals surface area contributed by atoms with E-state index in [0.717, 1.165) is 35.7 Å². The standard InChI is InChI=1S/C18H33N5OS.HI/c1-14(24-5)17-21-16(13-25-17)12-23(4)18(19-2)20-9-6-15-7-10-22(3)11-8-15;/h13-15H,6-12H2,1-5H3,(H,19,20);1H. The van der Waals surface area contributed by atoms with E-state index in [2.05, 4.69) is 44.6 Å². The van der Waals surface area contributed by atoms with Crippen LogP contribution in [0, 0.1) is 5.92 Å². The first-order chi connectivity index (χ1) is 12.0. The van der Waals surface area contributed by atoms with Crippen LogP contribution in [0.1, 0.15) is 43.0 Å². The summed E-state index contributed by atoms with van der Waals surface area (Å²) < 4.78 is 5.34. The molecule has 1 aromatic rings. The molecule has 150 valence electrons. The Bertz CT molecular complexity index is 545. The Kier molecular flexibility index (Phi) is 11.0. The Labute approximate surface area is 179 Å². The summed E-state index contributed by atoms with van der Waals surface area (Å²) in [5.41, 5.74) is 1.06. The molecule has 8 heteroatoms. The number of aromatic nitrogens is 1. The molecule has 0 radical (unpaired) electrons. The van der Waals surface area contributed by atoms with Gasteiger partial charge in [0.1, 0.15) is 11.1 Å². The van der Waals surface area contributed by atoms with Gasteiger partial charge >= 0.3 is 0 Å². The van der Waals surface area contributed by atoms with E-state index in [9.17, 15) is 0 Å². The summed E-state index contributed by atoms with van der Waals surface area (Å²) in [7, 11) is 7.83. The van der Waals surface area contributed by atoms with E-state index in [1.54, 1.807) is 18.4 Å². The van der Waals surface area contributed by atoms with Gasteiger partial charge in [0, 0.05) is 33.1 Å². The molecule has 1 saturated heterocycles. The molecule has 0 saturated carbocycles. The average molecular weight is 495 g/mol. The van der Waals surface area contributed by atoms with E-state index >= 15 is 0 Å². The van der Waals surface area contributed by atoms with E-state index in [4.69, 9.17) is 4.74 Å². The first-order valence-corrected chi connectivity index (χ1v) is 9.98. The number of halogens is 1. The van der Waals surface area contributed by atoms with Crippen molar-refractivity contribution < 1.29 is 4.74 Å². The van der Waals surface area contributed by atoms with E-state index in [1.807, 2.05) is 14.0 Å². The zero-order valence-corrected chi connectivity index (χ0v) is 19.8. The Hall–Kier alpha value is -0.450. The number of methoxy groups -OCH3 is 1. The molecule has 1 unspecified atom stereocenters. The third-order valence-corrected chi connectivity index (χ3v) is 5.97. The van der Waals surface area contributed by atoms with Gasteiger partial charge in [0.15, 0.2) is 5.96 Å². The molecular weight excluding hydrogens is 461 g/mol. The number of ether oxygens (including phenoxy) is 1. The van der Waals surface area contributed by atoms with Crippen molar-refractivity contribution >= 4 is 41.3 Å². The Balaban J connectivity index is 0.00000338. The van der Waals surface area contributed by atoms with Crippen molar-refractivity contribution in [2.45, 2.75) is 38.8 Å². The van der Waals surface area contributed by atoms with Crippen molar-refractivity contribution in [3.8, 4) is 0 Å². The van der Waals surface area contributed by atoms with Crippen molar-refractivity contribution in [1.29, 1.82) is 0 Å². The predicted molar refractivity (Wildman–Crippen MR) is 121 cm³/mol. The number of hydrogen-bond donors (Lipinski definition) is 1. The normalized spacial score (nSPS) is 17.7. The molecule has 6 nitrogen and oxygen atoms in total. The Morgan fingerprint density at radius 3 is 2.81 bits per heavy atom. The van der Waals surface area contributed by atoms with Gasteiger partial charge in [-0.1, -0.05) is 0 Å². The summed E-state index contributed by atoms with van der Waals surface area (Å²) in [5, 5.41) is 6.63. The lowest BCUT2D eigenvalue weighted by Gasteiger charge is -2.29. The summed E-state index contributed by atoms with van der Waals surface area (Å²) in [6.45, 7) is 6.21. The quantitative estimate of drug-likeness (QED) is 0.358. The van der Waals surface area contributed by atoms with E-state index in [1.165, 1.54) is 32.4 Å². The number of aliphatic imine (C=N–C) groups is 1. The van der Waals surface area contributed by atoms with Gasteiger partial charge in [-0.25, -0.2) is 4.98 Å². The molecule has 1 atom stereocenters. The van der Waals surface area contributed by atoms with Gasteiger partial charge in [0.25, 0.3) is 0 Å². The van der Waals surface area contributed by atoms with E-state index in [0.29, 0.717) is 0 Å². The van der Waals surface area contributed by atoms with Crippen molar-refractivity contribution in [2.24, 2.45) is 10.9 Å². The van der Waals surface area contributed by atoms with Crippen molar-refractivity contribution in [1.82, 2.24) is 20.1 Å². The largest absolute Gasteiger partial charge is 0.375 e. The number of likely N-dealkylation sites (tertiary alicyclic amines) is 1. The molecule has 1 N–H and O–H groups in total. The topological polar surface area (TPSA) is 53.0 Å². The van der Waals surface area contributed by atoms with Crippen LogP contribution in [0.2, 0.25) is 0 Å². The second kappa shape index (κ2) is 12.1. The van der Waals surface area contributed by atoms with E-state index < -0.39 is 0 Å². The average Bonchev–Trinajstić information content (AvgIpc) is 3.08. The summed E-state index contributed by atoms with van der Waals surface area (Å²) in [4.78, 5) is 13.6. The maximum atomic E-state index is 5.34. The van der Waals surface area contributed by atoms with Crippen LogP contribution in [0.25, 0.3) is 0 Å². The maximum Gasteiger partial charge on any atom is 0.193 e. The first-order valence-electron chi connectivity index (χ1n) is 9.11. The highest BCUT2D eigenvalue weighted by atomic mass is 127. The lowest BCUT2D eigenvalue weighted by atomic mass is 9.94. The summed E-state index contributed by atoms with van der Waals surface area (Å²) in [5.74, 6) is 1.77. The molecule has 0 amide bonds. The molecule has 0 aliphatic carbocycles. The molecule has 26 heavy (non-hydrogen) atoms. The van der Waals surface area contributed by atoms with E-state index in [-0.39, 0.29) is 30.1 Å². The van der Waals surface area contributed by atoms with Gasteiger partial charge in [-0.05, 0) is 52.2 Å². The number of nitrogens with one attached hydrogen (secondary N) is 1. The number of thiazole rings is 1. The maximum absolute atomic E-state index is 5.34. The van der Waals surface area contributed by atoms with Crippen LogP contribution in [0.4, 0.5) is 0 Å². The molecule has 2 rings (SSSR count). The van der Waals surface area contributed by atoms with Crippen LogP contribution < -0.4 is 5.32 Å². The molecule has 0 bridgehead atoms. The van der Waals surface area contributed by atoms with Gasteiger partial charge < -0.3 is 19.9 Å². The number of piperidine rings is 1. The number of nitrogens with zero attached hydrogens (tertiary/aromatic N) is 4. The third-order valence-electron chi connectivity index (χ3n) is 4.92. The minimum absolute atomic E-state index is 0. The highest BCUT2D eigenvalue weighted by molar-refractivity contribution is 14.0. The fourth-order valence-corrected chi connectivity index (χ4v) is 3.97. The highest BCUT2D eigenvalue weighted by Crippen LogP contribution is 2.21. The number of guanidine groups is 1. The second-order valence-electron chi connectivity index (χ2n) is 6.92. The molecule has 1 aromatic heterocycles. The SMILES string of the molecule is CN=C(NCCC1CCN(C)CC1)N(C)Cc1csc(C(C)OC)n1.I.